The summed E-state index contributed by atoms with van der Waals surface area (Å²) in [6, 6.07) is 0. The van der Waals surface area contributed by atoms with E-state index in [4.69, 9.17) is 14.2 Å². The van der Waals surface area contributed by atoms with E-state index in [0.717, 1.165) is 17.6 Å². The lowest BCUT2D eigenvalue weighted by Crippen LogP contribution is -2.61. The average Bonchev–Trinajstić information content (AvgIpc) is 2.95. The van der Waals surface area contributed by atoms with E-state index in [-0.39, 0.29) is 24.1 Å². The highest BCUT2D eigenvalue weighted by molar-refractivity contribution is 5.91. The molecule has 0 aromatic rings. The van der Waals surface area contributed by atoms with E-state index in [9.17, 15) is 25.2 Å². The Bertz CT molecular complexity index is 730. The summed E-state index contributed by atoms with van der Waals surface area (Å²) < 4.78 is 17.3. The van der Waals surface area contributed by atoms with E-state index in [0.29, 0.717) is 24.8 Å². The first kappa shape index (κ1) is 21.0. The summed E-state index contributed by atoms with van der Waals surface area (Å²) in [6.07, 6.45) is -4.48. The van der Waals surface area contributed by atoms with Crippen LogP contribution in [-0.4, -0.2) is 75.9 Å². The van der Waals surface area contributed by atoms with E-state index in [2.05, 4.69) is 13.5 Å². The fraction of sp³-hybridized carbons (Fsp3) is 0.762. The number of hydrogen-bond acceptors (Lipinski definition) is 8. The van der Waals surface area contributed by atoms with Gasteiger partial charge in [-0.25, -0.2) is 4.79 Å². The Labute approximate surface area is 169 Å². The normalized spacial score (nSPS) is 47.7. The van der Waals surface area contributed by atoms with E-state index in [1.165, 1.54) is 0 Å². The molecule has 3 fully saturated rings. The number of fused-ring (bicyclic) bond motifs is 2. The molecule has 0 bridgehead atoms. The number of carbonyl (C=O) groups is 1. The molecule has 8 nitrogen and oxygen atoms in total. The van der Waals surface area contributed by atoms with Crippen LogP contribution in [0.3, 0.4) is 0 Å². The topological polar surface area (TPSA) is 126 Å². The molecular weight excluding hydrogens is 380 g/mol. The lowest BCUT2D eigenvalue weighted by atomic mass is 9.56. The average molecular weight is 410 g/mol. The summed E-state index contributed by atoms with van der Waals surface area (Å²) in [5.74, 6) is -0.175. The first-order chi connectivity index (χ1) is 13.7. The summed E-state index contributed by atoms with van der Waals surface area (Å²) in [4.78, 5) is 12.0. The van der Waals surface area contributed by atoms with Gasteiger partial charge in [-0.15, -0.1) is 0 Å². The van der Waals surface area contributed by atoms with Crippen LogP contribution < -0.4 is 0 Å². The van der Waals surface area contributed by atoms with Crippen LogP contribution in [0.1, 0.15) is 39.5 Å². The molecule has 4 N–H and O–H groups in total. The van der Waals surface area contributed by atoms with Gasteiger partial charge in [0.1, 0.15) is 30.5 Å². The Balaban J connectivity index is 1.57. The zero-order valence-corrected chi connectivity index (χ0v) is 16.8. The standard InChI is InChI=1S/C21H30O8/c1-9-4-5-15(29-20-18(25)17(24)16(23)14(8-22)28-20)21(3)7-13-11(6-12(9)21)10(2)19(26)27-13/h12-18,20,22-25H,1,4-8H2,2-3H3/t12-,13-,14?,15-,16+,17-,18?,20-,21+/m0/s1. The quantitative estimate of drug-likeness (QED) is 0.384. The Morgan fingerprint density at radius 3 is 2.66 bits per heavy atom. The molecule has 2 aliphatic carbocycles. The van der Waals surface area contributed by atoms with Crippen LogP contribution in [0.2, 0.25) is 0 Å². The largest absolute Gasteiger partial charge is 0.454 e. The fourth-order valence-electron chi connectivity index (χ4n) is 5.46. The SMILES string of the molecule is C=C1CC[C@H](O[C@@H]2OC(CO)[C@@H](O)[C@H](O)C2O)[C@]2(C)C[C@@H]3OC(=O)C(C)=C3C[C@@H]12. The molecule has 0 aromatic heterocycles. The van der Waals surface area contributed by atoms with Gasteiger partial charge in [-0.05, 0) is 44.1 Å². The molecule has 162 valence electrons. The summed E-state index contributed by atoms with van der Waals surface area (Å²) >= 11 is 0. The number of aliphatic hydroxyl groups is 4. The van der Waals surface area contributed by atoms with Gasteiger partial charge >= 0.3 is 5.97 Å². The van der Waals surface area contributed by atoms with Crippen LogP contribution in [0, 0.1) is 11.3 Å². The molecule has 2 aliphatic heterocycles. The van der Waals surface area contributed by atoms with Gasteiger partial charge in [0.15, 0.2) is 6.29 Å². The Morgan fingerprint density at radius 1 is 1.24 bits per heavy atom. The molecule has 0 amide bonds. The third-order valence-corrected chi connectivity index (χ3v) is 7.37. The van der Waals surface area contributed by atoms with Gasteiger partial charge in [0.2, 0.25) is 0 Å². The predicted molar refractivity (Wildman–Crippen MR) is 100 cm³/mol. The minimum atomic E-state index is -1.48. The second-order valence-corrected chi connectivity index (χ2v) is 9.03. The van der Waals surface area contributed by atoms with Crippen LogP contribution in [-0.2, 0) is 19.0 Å². The summed E-state index contributed by atoms with van der Waals surface area (Å²) in [5, 5.41) is 39.8. The Morgan fingerprint density at radius 2 is 1.97 bits per heavy atom. The number of aliphatic hydroxyl groups excluding tert-OH is 4. The zero-order chi connectivity index (χ0) is 21.1. The molecule has 4 aliphatic rings. The number of ether oxygens (including phenoxy) is 3. The number of allylic oxidation sites excluding steroid dienone is 1. The molecule has 0 spiro atoms. The third-order valence-electron chi connectivity index (χ3n) is 7.37. The van der Waals surface area contributed by atoms with Crippen LogP contribution in [0.4, 0.5) is 0 Å². The molecule has 0 aromatic carbocycles. The van der Waals surface area contributed by atoms with Gasteiger partial charge in [-0.3, -0.25) is 0 Å². The van der Waals surface area contributed by atoms with Crippen LogP contribution in [0.25, 0.3) is 0 Å². The number of esters is 1. The fourth-order valence-corrected chi connectivity index (χ4v) is 5.46. The van der Waals surface area contributed by atoms with Gasteiger partial charge in [0.25, 0.3) is 0 Å². The molecule has 8 heteroatoms. The Hall–Kier alpha value is -1.29. The highest BCUT2D eigenvalue weighted by atomic mass is 16.7. The first-order valence-corrected chi connectivity index (χ1v) is 10.2. The molecular formula is C21H30O8. The van der Waals surface area contributed by atoms with Crippen LogP contribution >= 0.6 is 0 Å². The predicted octanol–water partition coefficient (Wildman–Crippen LogP) is 0.180. The van der Waals surface area contributed by atoms with E-state index >= 15 is 0 Å². The van der Waals surface area contributed by atoms with Gasteiger partial charge in [-0.2, -0.15) is 0 Å². The van der Waals surface area contributed by atoms with Crippen molar-refractivity contribution in [3.8, 4) is 0 Å². The second kappa shape index (κ2) is 7.44. The van der Waals surface area contributed by atoms with Crippen LogP contribution in [0.15, 0.2) is 23.3 Å². The third kappa shape index (κ3) is 3.26. The smallest absolute Gasteiger partial charge is 0.334 e. The maximum Gasteiger partial charge on any atom is 0.334 e. The van der Waals surface area contributed by atoms with E-state index < -0.39 is 42.7 Å². The van der Waals surface area contributed by atoms with E-state index in [1.807, 2.05) is 0 Å². The lowest BCUT2D eigenvalue weighted by Gasteiger charge is -2.53. The van der Waals surface area contributed by atoms with Crippen molar-refractivity contribution in [2.75, 3.05) is 6.61 Å². The molecule has 2 heterocycles. The molecule has 2 saturated carbocycles. The number of rotatable bonds is 3. The summed E-state index contributed by atoms with van der Waals surface area (Å²) in [6.45, 7) is 7.63. The zero-order valence-electron chi connectivity index (χ0n) is 16.8. The van der Waals surface area contributed by atoms with Crippen molar-refractivity contribution in [3.05, 3.63) is 23.3 Å². The summed E-state index contributed by atoms with van der Waals surface area (Å²) in [5.41, 5.74) is 2.43. The van der Waals surface area contributed by atoms with Gasteiger partial charge in [0.05, 0.1) is 12.7 Å². The minimum Gasteiger partial charge on any atom is -0.454 e. The molecule has 29 heavy (non-hydrogen) atoms. The van der Waals surface area contributed by atoms with Crippen molar-refractivity contribution in [2.24, 2.45) is 11.3 Å². The first-order valence-electron chi connectivity index (χ1n) is 10.2. The highest BCUT2D eigenvalue weighted by Crippen LogP contribution is 2.56. The lowest BCUT2D eigenvalue weighted by molar-refractivity contribution is -0.323. The molecule has 1 saturated heterocycles. The maximum absolute atomic E-state index is 12.0. The van der Waals surface area contributed by atoms with Crippen molar-refractivity contribution in [1.82, 2.24) is 0 Å². The molecule has 9 atom stereocenters. The monoisotopic (exact) mass is 410 g/mol. The summed E-state index contributed by atoms with van der Waals surface area (Å²) in [7, 11) is 0. The number of hydrogen-bond donors (Lipinski definition) is 4. The van der Waals surface area contributed by atoms with Gasteiger partial charge in [0, 0.05) is 11.0 Å². The second-order valence-electron chi connectivity index (χ2n) is 9.03. The van der Waals surface area contributed by atoms with Crippen molar-refractivity contribution < 1.29 is 39.4 Å². The number of carbonyl (C=O) groups excluding carboxylic acids is 1. The van der Waals surface area contributed by atoms with Crippen molar-refractivity contribution >= 4 is 5.97 Å². The minimum absolute atomic E-state index is 0.0989. The van der Waals surface area contributed by atoms with E-state index in [1.54, 1.807) is 6.92 Å². The van der Waals surface area contributed by atoms with Crippen molar-refractivity contribution in [2.45, 2.75) is 82.4 Å². The van der Waals surface area contributed by atoms with Crippen molar-refractivity contribution in [1.29, 1.82) is 0 Å². The van der Waals surface area contributed by atoms with Crippen LogP contribution in [0.5, 0.6) is 0 Å². The highest BCUT2D eigenvalue weighted by Gasteiger charge is 2.55. The molecule has 2 unspecified atom stereocenters. The molecule has 0 radical (unpaired) electrons. The Kier molecular flexibility index (Phi) is 5.38. The van der Waals surface area contributed by atoms with Crippen molar-refractivity contribution in [3.63, 3.8) is 0 Å². The molecule has 4 rings (SSSR count). The maximum atomic E-state index is 12.0. The van der Waals surface area contributed by atoms with Gasteiger partial charge in [-0.1, -0.05) is 19.1 Å². The van der Waals surface area contributed by atoms with Gasteiger partial charge < -0.3 is 34.6 Å².